The molecule has 2 amide bonds. The first-order valence-electron chi connectivity index (χ1n) is 11.6. The van der Waals surface area contributed by atoms with Gasteiger partial charge in [0, 0.05) is 52.0 Å². The Morgan fingerprint density at radius 1 is 0.970 bits per heavy atom. The van der Waals surface area contributed by atoms with Crippen LogP contribution in [0.3, 0.4) is 0 Å². The molecule has 1 aromatic heterocycles. The van der Waals surface area contributed by atoms with E-state index in [0.717, 1.165) is 35.6 Å². The van der Waals surface area contributed by atoms with E-state index < -0.39 is 10.0 Å². The van der Waals surface area contributed by atoms with Crippen LogP contribution in [0.4, 0.5) is 10.6 Å². The van der Waals surface area contributed by atoms with Crippen molar-refractivity contribution in [3.05, 3.63) is 53.2 Å². The average Bonchev–Trinajstić information content (AvgIpc) is 2.85. The van der Waals surface area contributed by atoms with Gasteiger partial charge >= 0.3 is 6.03 Å². The molecule has 8 nitrogen and oxygen atoms in total. The van der Waals surface area contributed by atoms with Crippen LogP contribution in [0.2, 0.25) is 0 Å². The molecule has 0 radical (unpaired) electrons. The van der Waals surface area contributed by atoms with Crippen LogP contribution in [0, 0.1) is 13.8 Å². The van der Waals surface area contributed by atoms with E-state index in [4.69, 9.17) is 0 Å². The molecule has 0 saturated carbocycles. The minimum atomic E-state index is -3.57. The molecular weight excluding hydrogens is 438 g/mol. The zero-order valence-electron chi connectivity index (χ0n) is 19.5. The molecule has 2 fully saturated rings. The van der Waals surface area contributed by atoms with E-state index in [2.05, 4.69) is 15.2 Å². The van der Waals surface area contributed by atoms with Crippen molar-refractivity contribution in [1.82, 2.24) is 19.5 Å². The van der Waals surface area contributed by atoms with Crippen molar-refractivity contribution in [3.8, 4) is 0 Å². The molecule has 2 aliphatic rings. The predicted molar refractivity (Wildman–Crippen MR) is 129 cm³/mol. The predicted octanol–water partition coefficient (Wildman–Crippen LogP) is 2.90. The first-order valence-corrected chi connectivity index (χ1v) is 13.1. The fraction of sp³-hybridized carbons (Fsp3) is 0.500. The number of anilines is 1. The lowest BCUT2D eigenvalue weighted by Crippen LogP contribution is -2.53. The summed E-state index contributed by atoms with van der Waals surface area (Å²) in [4.78, 5) is 21.5. The summed E-state index contributed by atoms with van der Waals surface area (Å²) in [5.41, 5.74) is 2.66. The molecule has 4 rings (SSSR count). The molecular formula is C24H33N5O3S. The van der Waals surface area contributed by atoms with Crippen LogP contribution in [0.5, 0.6) is 0 Å². The number of aryl methyl sites for hydroxylation is 2. The van der Waals surface area contributed by atoms with Gasteiger partial charge in [0.15, 0.2) is 0 Å². The molecule has 2 saturated heterocycles. The second kappa shape index (κ2) is 10.1. The molecule has 3 heterocycles. The Morgan fingerprint density at radius 3 is 2.42 bits per heavy atom. The van der Waals surface area contributed by atoms with Gasteiger partial charge in [-0.05, 0) is 68.0 Å². The van der Waals surface area contributed by atoms with E-state index in [-0.39, 0.29) is 19.1 Å². The minimum absolute atomic E-state index is 0.171. The van der Waals surface area contributed by atoms with Crippen molar-refractivity contribution >= 4 is 21.9 Å². The zero-order chi connectivity index (χ0) is 23.4. The van der Waals surface area contributed by atoms with Gasteiger partial charge in [-0.1, -0.05) is 12.1 Å². The first-order chi connectivity index (χ1) is 15.8. The van der Waals surface area contributed by atoms with Crippen LogP contribution in [0.15, 0.2) is 41.4 Å². The van der Waals surface area contributed by atoms with Crippen molar-refractivity contribution in [2.45, 2.75) is 44.6 Å². The van der Waals surface area contributed by atoms with Crippen LogP contribution in [-0.4, -0.2) is 67.9 Å². The molecule has 2 aromatic rings. The van der Waals surface area contributed by atoms with E-state index in [1.54, 1.807) is 17.2 Å². The maximum absolute atomic E-state index is 13.1. The first kappa shape index (κ1) is 23.5. The molecule has 0 bridgehead atoms. The van der Waals surface area contributed by atoms with Gasteiger partial charge in [-0.15, -0.1) is 0 Å². The Hall–Kier alpha value is -2.65. The van der Waals surface area contributed by atoms with Crippen LogP contribution < -0.4 is 10.2 Å². The van der Waals surface area contributed by atoms with Gasteiger partial charge in [-0.2, -0.15) is 4.31 Å². The number of hydrogen-bond acceptors (Lipinski definition) is 5. The van der Waals surface area contributed by atoms with E-state index in [0.29, 0.717) is 24.5 Å². The molecule has 0 atom stereocenters. The normalized spacial score (nSPS) is 17.8. The van der Waals surface area contributed by atoms with Crippen molar-refractivity contribution in [2.75, 3.05) is 44.2 Å². The number of piperazine rings is 1. The summed E-state index contributed by atoms with van der Waals surface area (Å²) >= 11 is 0. The summed E-state index contributed by atoms with van der Waals surface area (Å²) in [6.07, 6.45) is 5.44. The second-order valence-electron chi connectivity index (χ2n) is 8.89. The van der Waals surface area contributed by atoms with Crippen molar-refractivity contribution in [1.29, 1.82) is 0 Å². The smallest absolute Gasteiger partial charge is 0.317 e. The van der Waals surface area contributed by atoms with E-state index in [1.807, 2.05) is 38.1 Å². The SMILES string of the molecule is Cc1ccc(C)c(S(=O)(=O)N2CCN(C(=O)NCc3ccnc(N4CCCCC4)c3)CC2)c1. The number of pyridine rings is 1. The number of aromatic nitrogens is 1. The Bertz CT molecular complexity index is 1090. The topological polar surface area (TPSA) is 85.8 Å². The van der Waals surface area contributed by atoms with E-state index in [9.17, 15) is 13.2 Å². The Morgan fingerprint density at radius 2 is 1.70 bits per heavy atom. The van der Waals surface area contributed by atoms with Gasteiger partial charge < -0.3 is 15.1 Å². The summed E-state index contributed by atoms with van der Waals surface area (Å²) < 4.78 is 27.7. The quantitative estimate of drug-likeness (QED) is 0.725. The van der Waals surface area contributed by atoms with Gasteiger partial charge in [-0.25, -0.2) is 18.2 Å². The van der Waals surface area contributed by atoms with Crippen LogP contribution >= 0.6 is 0 Å². The Labute approximate surface area is 196 Å². The number of hydrogen-bond donors (Lipinski definition) is 1. The number of carbonyl (C=O) groups is 1. The average molecular weight is 472 g/mol. The molecule has 0 aliphatic carbocycles. The lowest BCUT2D eigenvalue weighted by Gasteiger charge is -2.34. The maximum Gasteiger partial charge on any atom is 0.317 e. The third-order valence-electron chi connectivity index (χ3n) is 6.42. The van der Waals surface area contributed by atoms with Crippen molar-refractivity contribution in [2.24, 2.45) is 0 Å². The molecule has 1 N–H and O–H groups in total. The third kappa shape index (κ3) is 5.47. The summed E-state index contributed by atoms with van der Waals surface area (Å²) in [5, 5.41) is 2.97. The standard InChI is InChI=1S/C24H33N5O3S/c1-19-6-7-20(2)22(16-19)33(31,32)29-14-12-28(13-15-29)24(30)26-18-21-8-9-25-23(17-21)27-10-4-3-5-11-27/h6-9,16-17H,3-5,10-15,18H2,1-2H3,(H,26,30). The lowest BCUT2D eigenvalue weighted by atomic mass is 10.1. The third-order valence-corrected chi connectivity index (χ3v) is 8.46. The van der Waals surface area contributed by atoms with Crippen LogP contribution in [-0.2, 0) is 16.6 Å². The zero-order valence-corrected chi connectivity index (χ0v) is 20.3. The van der Waals surface area contributed by atoms with Gasteiger partial charge in [-0.3, -0.25) is 0 Å². The number of rotatable bonds is 5. The lowest BCUT2D eigenvalue weighted by molar-refractivity contribution is 0.172. The summed E-state index contributed by atoms with van der Waals surface area (Å²) in [6, 6.07) is 9.26. The second-order valence-corrected chi connectivity index (χ2v) is 10.8. The molecule has 178 valence electrons. The number of amides is 2. The van der Waals surface area contributed by atoms with Crippen molar-refractivity contribution < 1.29 is 13.2 Å². The fourth-order valence-corrected chi connectivity index (χ4v) is 6.14. The largest absolute Gasteiger partial charge is 0.357 e. The van der Waals surface area contributed by atoms with Crippen LogP contribution in [0.1, 0.15) is 36.0 Å². The highest BCUT2D eigenvalue weighted by molar-refractivity contribution is 7.89. The van der Waals surface area contributed by atoms with E-state index in [1.165, 1.54) is 23.6 Å². The number of benzene rings is 1. The number of nitrogens with one attached hydrogen (secondary N) is 1. The summed E-state index contributed by atoms with van der Waals surface area (Å²) in [7, 11) is -3.57. The van der Waals surface area contributed by atoms with Gasteiger partial charge in [0.1, 0.15) is 5.82 Å². The molecule has 2 aliphatic heterocycles. The molecule has 33 heavy (non-hydrogen) atoms. The van der Waals surface area contributed by atoms with Crippen LogP contribution in [0.25, 0.3) is 0 Å². The highest BCUT2D eigenvalue weighted by Crippen LogP contribution is 2.23. The number of carbonyl (C=O) groups excluding carboxylic acids is 1. The molecule has 1 aromatic carbocycles. The molecule has 0 unspecified atom stereocenters. The van der Waals surface area contributed by atoms with Gasteiger partial charge in [0.2, 0.25) is 10.0 Å². The minimum Gasteiger partial charge on any atom is -0.357 e. The summed E-state index contributed by atoms with van der Waals surface area (Å²) in [5.74, 6) is 0.965. The molecule has 9 heteroatoms. The monoisotopic (exact) mass is 471 g/mol. The number of urea groups is 1. The number of sulfonamides is 1. The summed E-state index contributed by atoms with van der Waals surface area (Å²) in [6.45, 7) is 7.48. The Kier molecular flexibility index (Phi) is 7.19. The highest BCUT2D eigenvalue weighted by Gasteiger charge is 2.31. The van der Waals surface area contributed by atoms with Gasteiger partial charge in [0.25, 0.3) is 0 Å². The highest BCUT2D eigenvalue weighted by atomic mass is 32.2. The van der Waals surface area contributed by atoms with E-state index >= 15 is 0 Å². The van der Waals surface area contributed by atoms with Gasteiger partial charge in [0.05, 0.1) is 4.90 Å². The Balaban J connectivity index is 1.31. The fourth-order valence-electron chi connectivity index (χ4n) is 4.41. The maximum atomic E-state index is 13.1. The number of piperidine rings is 1. The number of nitrogens with zero attached hydrogens (tertiary/aromatic N) is 4. The van der Waals surface area contributed by atoms with Crippen molar-refractivity contribution in [3.63, 3.8) is 0 Å². The molecule has 0 spiro atoms.